The van der Waals surface area contributed by atoms with E-state index >= 15 is 0 Å². The van der Waals surface area contributed by atoms with Crippen LogP contribution in [-0.4, -0.2) is 42.3 Å². The van der Waals surface area contributed by atoms with Crippen molar-refractivity contribution < 1.29 is 18.0 Å². The van der Waals surface area contributed by atoms with Crippen molar-refractivity contribution in [3.8, 4) is 22.3 Å². The number of thiophene rings is 1. The molecule has 3 aromatic carbocycles. The largest absolute Gasteiger partial charge is 0.345 e. The minimum atomic E-state index is -3.62. The number of aromatic nitrogens is 2. The summed E-state index contributed by atoms with van der Waals surface area (Å²) in [6.45, 7) is 0.183. The fourth-order valence-corrected chi connectivity index (χ4v) is 7.06. The molecule has 2 heterocycles. The van der Waals surface area contributed by atoms with Crippen LogP contribution in [0.4, 0.5) is 0 Å². The number of benzene rings is 3. The molecule has 0 aliphatic rings. The van der Waals surface area contributed by atoms with Crippen LogP contribution < -0.4 is 22.0 Å². The van der Waals surface area contributed by atoms with E-state index in [1.165, 1.54) is 11.3 Å². The second kappa shape index (κ2) is 13.2. The highest BCUT2D eigenvalue weighted by Crippen LogP contribution is 2.32. The molecule has 0 fully saturated rings. The summed E-state index contributed by atoms with van der Waals surface area (Å²) >= 11 is 7.39. The van der Waals surface area contributed by atoms with Crippen LogP contribution in [0.25, 0.3) is 32.5 Å². The van der Waals surface area contributed by atoms with E-state index in [-0.39, 0.29) is 24.0 Å². The van der Waals surface area contributed by atoms with Gasteiger partial charge in [0.05, 0.1) is 11.1 Å². The molecular weight excluding hydrogens is 624 g/mol. The number of aromatic amines is 1. The van der Waals surface area contributed by atoms with Gasteiger partial charge in [-0.15, -0.1) is 11.3 Å². The van der Waals surface area contributed by atoms with Gasteiger partial charge >= 0.3 is 0 Å². The van der Waals surface area contributed by atoms with E-state index in [1.54, 1.807) is 42.5 Å². The van der Waals surface area contributed by atoms with Gasteiger partial charge in [0.1, 0.15) is 16.4 Å². The molecule has 0 radical (unpaired) electrons. The van der Waals surface area contributed by atoms with Crippen LogP contribution in [0.5, 0.6) is 0 Å². The van der Waals surface area contributed by atoms with Crippen molar-refractivity contribution in [3.63, 3.8) is 0 Å². The van der Waals surface area contributed by atoms with Gasteiger partial charge in [0.2, 0.25) is 12.2 Å². The molecule has 14 heteroatoms. The summed E-state index contributed by atoms with van der Waals surface area (Å²) in [4.78, 5) is 43.9. The Bertz CT molecular complexity index is 2060. The van der Waals surface area contributed by atoms with E-state index in [4.69, 9.17) is 17.4 Å². The van der Waals surface area contributed by atoms with Crippen molar-refractivity contribution >= 4 is 61.1 Å². The van der Waals surface area contributed by atoms with Crippen LogP contribution in [0.3, 0.4) is 0 Å². The topological polar surface area (TPSA) is 176 Å². The van der Waals surface area contributed by atoms with E-state index in [2.05, 4.69) is 25.7 Å². The molecule has 0 bridgehead atoms. The zero-order valence-corrected chi connectivity index (χ0v) is 25.3. The molecule has 0 saturated carbocycles. The number of hydrazone groups is 1. The normalized spacial score (nSPS) is 11.8. The number of nitrogens with one attached hydrogen (secondary N) is 3. The van der Waals surface area contributed by atoms with Gasteiger partial charge in [-0.3, -0.25) is 14.4 Å². The van der Waals surface area contributed by atoms with Gasteiger partial charge < -0.3 is 21.5 Å². The predicted octanol–water partition coefficient (Wildman–Crippen LogP) is 3.84. The Morgan fingerprint density at radius 3 is 2.50 bits per heavy atom. The number of fused-ring (bicyclic) bond motifs is 1. The average Bonchev–Trinajstić information content (AvgIpc) is 3.45. The summed E-state index contributed by atoms with van der Waals surface area (Å²) in [5, 5.41) is 11.0. The first kappa shape index (κ1) is 30.6. The first-order valence-corrected chi connectivity index (χ1v) is 16.1. The van der Waals surface area contributed by atoms with E-state index in [0.29, 0.717) is 32.8 Å². The molecule has 0 unspecified atom stereocenters. The fourth-order valence-electron chi connectivity index (χ4n) is 4.54. The predicted molar refractivity (Wildman–Crippen MR) is 172 cm³/mol. The van der Waals surface area contributed by atoms with Crippen LogP contribution in [0.15, 0.2) is 88.1 Å². The van der Waals surface area contributed by atoms with Gasteiger partial charge in [-0.1, -0.05) is 66.2 Å². The lowest BCUT2D eigenvalue weighted by atomic mass is 10.0. The number of sulfone groups is 1. The number of rotatable bonds is 10. The summed E-state index contributed by atoms with van der Waals surface area (Å²) in [6.07, 6.45) is 0.315. The number of halogens is 1. The average molecular weight is 649 g/mol. The number of carbonyl (C=O) groups excluding carboxylic acids is 2. The second-order valence-electron chi connectivity index (χ2n) is 9.70. The number of H-pyrrole nitrogens is 1. The molecule has 11 nitrogen and oxygen atoms in total. The van der Waals surface area contributed by atoms with Crippen molar-refractivity contribution in [2.45, 2.75) is 12.3 Å². The van der Waals surface area contributed by atoms with E-state index < -0.39 is 27.1 Å². The van der Waals surface area contributed by atoms with E-state index in [1.807, 2.05) is 35.7 Å². The van der Waals surface area contributed by atoms with Crippen LogP contribution in [0.1, 0.15) is 21.7 Å². The molecule has 2 aromatic heterocycles. The molecule has 5 rings (SSSR count). The van der Waals surface area contributed by atoms with Crippen molar-refractivity contribution in [2.75, 3.05) is 5.75 Å². The van der Waals surface area contributed by atoms with Crippen molar-refractivity contribution in [2.24, 2.45) is 10.9 Å². The highest BCUT2D eigenvalue weighted by Gasteiger charge is 2.18. The lowest BCUT2D eigenvalue weighted by molar-refractivity contribution is -0.108. The van der Waals surface area contributed by atoms with Crippen LogP contribution >= 0.6 is 22.9 Å². The molecule has 5 aromatic rings. The zero-order chi connectivity index (χ0) is 31.3. The third-order valence-electron chi connectivity index (χ3n) is 6.59. The maximum atomic E-state index is 12.9. The Morgan fingerprint density at radius 1 is 1.02 bits per heavy atom. The van der Waals surface area contributed by atoms with Crippen molar-refractivity contribution in [1.29, 1.82) is 0 Å². The molecule has 0 aliphatic carbocycles. The quantitative estimate of drug-likeness (QED) is 0.0584. The lowest BCUT2D eigenvalue weighted by Crippen LogP contribution is -2.31. The molecule has 0 saturated heterocycles. The van der Waals surface area contributed by atoms with Crippen LogP contribution in [-0.2, 0) is 26.9 Å². The third kappa shape index (κ3) is 7.19. The summed E-state index contributed by atoms with van der Waals surface area (Å²) in [7, 11) is -3.62. The zero-order valence-electron chi connectivity index (χ0n) is 22.9. The van der Waals surface area contributed by atoms with Gasteiger partial charge in [-0.2, -0.15) is 5.10 Å². The second-order valence-corrected chi connectivity index (χ2v) is 13.1. The molecular formula is C30H25ClN6O5S2. The SMILES string of the molecule is N/N=C(/CS(=O)(=O)Cc1ccc(-c2cccc(CNC(=O)c3nc4scc(-c5cccc(Cl)c5)c4c(=O)[nH]3)c2)cc1)NC=O. The highest BCUT2D eigenvalue weighted by molar-refractivity contribution is 7.91. The Kier molecular flexibility index (Phi) is 9.18. The highest BCUT2D eigenvalue weighted by atomic mass is 35.5. The number of hydrogen-bond donors (Lipinski definition) is 4. The Hall–Kier alpha value is -4.85. The first-order valence-electron chi connectivity index (χ1n) is 13.1. The smallest absolute Gasteiger partial charge is 0.287 e. The molecule has 5 N–H and O–H groups in total. The maximum Gasteiger partial charge on any atom is 0.287 e. The Labute approximate surface area is 260 Å². The van der Waals surface area contributed by atoms with Crippen LogP contribution in [0, 0.1) is 0 Å². The molecule has 44 heavy (non-hydrogen) atoms. The summed E-state index contributed by atoms with van der Waals surface area (Å²) in [6, 6.07) is 21.7. The number of amides is 2. The van der Waals surface area contributed by atoms with Crippen molar-refractivity contribution in [1.82, 2.24) is 20.6 Å². The number of carbonyl (C=O) groups is 2. The number of amidine groups is 1. The monoisotopic (exact) mass is 648 g/mol. The minimum absolute atomic E-state index is 0.0875. The Balaban J connectivity index is 1.25. The van der Waals surface area contributed by atoms with Gasteiger partial charge in [0, 0.05) is 22.5 Å². The molecule has 224 valence electrons. The van der Waals surface area contributed by atoms with Gasteiger partial charge in [-0.25, -0.2) is 13.4 Å². The van der Waals surface area contributed by atoms with Gasteiger partial charge in [0.25, 0.3) is 11.5 Å². The van der Waals surface area contributed by atoms with Crippen LogP contribution in [0.2, 0.25) is 5.02 Å². The molecule has 0 atom stereocenters. The molecule has 0 aliphatic heterocycles. The first-order chi connectivity index (χ1) is 21.2. The molecule has 0 spiro atoms. The molecule has 2 amide bonds. The van der Waals surface area contributed by atoms with E-state index in [0.717, 1.165) is 22.3 Å². The summed E-state index contributed by atoms with van der Waals surface area (Å²) < 4.78 is 24.9. The lowest BCUT2D eigenvalue weighted by Gasteiger charge is -2.09. The van der Waals surface area contributed by atoms with Gasteiger partial charge in [0.15, 0.2) is 9.84 Å². The number of nitrogens with zero attached hydrogens (tertiary/aromatic N) is 2. The third-order valence-corrected chi connectivity index (χ3v) is 9.18. The summed E-state index contributed by atoms with van der Waals surface area (Å²) in [5.41, 5.74) is 4.13. The standard InChI is InChI=1S/C30H25ClN6O5S2/c31-23-6-2-5-22(12-23)24-14-43-30-26(24)28(39)35-27(36-30)29(40)33-13-19-3-1-4-21(11-19)20-9-7-18(8-10-20)15-44(41,42)16-25(37-32)34-17-38/h1-12,14,17H,13,15-16,32H2,(H,33,40)(H,34,37,38)(H,35,36,39). The Morgan fingerprint density at radius 2 is 1.77 bits per heavy atom. The minimum Gasteiger partial charge on any atom is -0.345 e. The maximum absolute atomic E-state index is 12.9. The fraction of sp³-hybridized carbons (Fsp3) is 0.100. The number of nitrogens with two attached hydrogens (primary N) is 1. The van der Waals surface area contributed by atoms with Gasteiger partial charge in [-0.05, 0) is 46.0 Å². The van der Waals surface area contributed by atoms with Crippen molar-refractivity contribution in [3.05, 3.63) is 111 Å². The summed E-state index contributed by atoms with van der Waals surface area (Å²) in [5.74, 6) is 3.63. The number of hydrogen-bond acceptors (Lipinski definition) is 9. The van der Waals surface area contributed by atoms with E-state index in [9.17, 15) is 22.8 Å².